The van der Waals surface area contributed by atoms with Crippen LogP contribution in [-0.4, -0.2) is 43.5 Å². The Morgan fingerprint density at radius 3 is 2.33 bits per heavy atom. The molecule has 4 heteroatoms. The molecule has 1 atom stereocenters. The summed E-state index contributed by atoms with van der Waals surface area (Å²) in [6.45, 7) is 9.66. The number of nitrogens with one attached hydrogen (secondary N) is 1. The lowest BCUT2D eigenvalue weighted by Gasteiger charge is -2.41. The van der Waals surface area contributed by atoms with Crippen molar-refractivity contribution in [3.05, 3.63) is 0 Å². The average molecular weight is 255 g/mol. The number of piperidine rings is 1. The van der Waals surface area contributed by atoms with Gasteiger partial charge in [-0.05, 0) is 37.3 Å². The fourth-order valence-electron chi connectivity index (χ4n) is 2.81. The van der Waals surface area contributed by atoms with E-state index in [4.69, 9.17) is 5.73 Å². The molecule has 3 N–H and O–H groups in total. The number of rotatable bonds is 4. The van der Waals surface area contributed by atoms with E-state index in [1.54, 1.807) is 7.05 Å². The number of amides is 1. The second-order valence-corrected chi connectivity index (χ2v) is 6.44. The summed E-state index contributed by atoms with van der Waals surface area (Å²) in [5.74, 6) is 0.871. The Kier molecular flexibility index (Phi) is 5.60. The van der Waals surface area contributed by atoms with Crippen molar-refractivity contribution in [3.8, 4) is 0 Å². The van der Waals surface area contributed by atoms with Crippen molar-refractivity contribution in [2.24, 2.45) is 17.1 Å². The minimum Gasteiger partial charge on any atom is -0.359 e. The van der Waals surface area contributed by atoms with E-state index in [1.165, 1.54) is 12.8 Å². The van der Waals surface area contributed by atoms with Crippen LogP contribution < -0.4 is 11.1 Å². The van der Waals surface area contributed by atoms with Gasteiger partial charge < -0.3 is 11.1 Å². The Hall–Kier alpha value is -0.610. The van der Waals surface area contributed by atoms with E-state index in [0.717, 1.165) is 19.0 Å². The van der Waals surface area contributed by atoms with Crippen molar-refractivity contribution < 1.29 is 4.79 Å². The lowest BCUT2D eigenvalue weighted by atomic mass is 9.75. The number of hydrogen-bond acceptors (Lipinski definition) is 3. The van der Waals surface area contributed by atoms with Gasteiger partial charge in [-0.15, -0.1) is 0 Å². The van der Waals surface area contributed by atoms with Crippen LogP contribution in [0.25, 0.3) is 0 Å². The fourth-order valence-corrected chi connectivity index (χ4v) is 2.81. The first kappa shape index (κ1) is 15.4. The van der Waals surface area contributed by atoms with Crippen LogP contribution in [0.1, 0.15) is 40.0 Å². The zero-order valence-electron chi connectivity index (χ0n) is 12.3. The molecular weight excluding hydrogens is 226 g/mol. The van der Waals surface area contributed by atoms with Gasteiger partial charge in [-0.2, -0.15) is 0 Å². The van der Waals surface area contributed by atoms with Crippen LogP contribution in [0.2, 0.25) is 0 Å². The third kappa shape index (κ3) is 4.25. The van der Waals surface area contributed by atoms with E-state index in [-0.39, 0.29) is 11.9 Å². The summed E-state index contributed by atoms with van der Waals surface area (Å²) in [7, 11) is 1.68. The van der Waals surface area contributed by atoms with Gasteiger partial charge in [0.25, 0.3) is 0 Å². The molecule has 0 aromatic rings. The maximum absolute atomic E-state index is 11.5. The minimum absolute atomic E-state index is 0.0865. The van der Waals surface area contributed by atoms with E-state index in [1.807, 2.05) is 0 Å². The Labute approximate surface area is 111 Å². The third-order valence-electron chi connectivity index (χ3n) is 4.24. The molecule has 1 saturated heterocycles. The van der Waals surface area contributed by atoms with Crippen molar-refractivity contribution in [2.45, 2.75) is 46.1 Å². The van der Waals surface area contributed by atoms with Gasteiger partial charge in [0.05, 0.1) is 0 Å². The largest absolute Gasteiger partial charge is 0.359 e. The molecule has 0 aliphatic carbocycles. The first-order chi connectivity index (χ1) is 8.38. The molecule has 1 heterocycles. The molecule has 1 unspecified atom stereocenters. The summed E-state index contributed by atoms with van der Waals surface area (Å²) >= 11 is 0. The summed E-state index contributed by atoms with van der Waals surface area (Å²) in [5, 5.41) is 2.68. The third-order valence-corrected chi connectivity index (χ3v) is 4.24. The smallest absolute Gasteiger partial charge is 0.221 e. The average Bonchev–Trinajstić information content (AvgIpc) is 2.34. The van der Waals surface area contributed by atoms with Gasteiger partial charge in [0.2, 0.25) is 5.91 Å². The molecular formula is C14H29N3O. The summed E-state index contributed by atoms with van der Waals surface area (Å²) in [4.78, 5) is 13.8. The molecule has 1 amide bonds. The molecule has 1 aliphatic rings. The first-order valence-corrected chi connectivity index (χ1v) is 7.03. The predicted molar refractivity (Wildman–Crippen MR) is 75.3 cm³/mol. The Bertz CT molecular complexity index is 265. The molecule has 106 valence electrons. The predicted octanol–water partition coefficient (Wildman–Crippen LogP) is 1.21. The van der Waals surface area contributed by atoms with Gasteiger partial charge >= 0.3 is 0 Å². The quantitative estimate of drug-likeness (QED) is 0.794. The molecule has 4 nitrogen and oxygen atoms in total. The second kappa shape index (κ2) is 6.53. The lowest BCUT2D eigenvalue weighted by Crippen LogP contribution is -2.48. The Balaban J connectivity index is 2.47. The SMILES string of the molecule is CNC(=O)CC(CN)N1CCC(C(C)(C)C)CC1. The summed E-state index contributed by atoms with van der Waals surface area (Å²) in [6.07, 6.45) is 2.95. The van der Waals surface area contributed by atoms with Crippen molar-refractivity contribution >= 4 is 5.91 Å². The summed E-state index contributed by atoms with van der Waals surface area (Å²) < 4.78 is 0. The van der Waals surface area contributed by atoms with Crippen molar-refractivity contribution in [1.29, 1.82) is 0 Å². The van der Waals surface area contributed by atoms with Crippen molar-refractivity contribution in [3.63, 3.8) is 0 Å². The van der Waals surface area contributed by atoms with Crippen LogP contribution in [0.4, 0.5) is 0 Å². The van der Waals surface area contributed by atoms with Crippen LogP contribution >= 0.6 is 0 Å². The van der Waals surface area contributed by atoms with Gasteiger partial charge in [0.1, 0.15) is 0 Å². The maximum atomic E-state index is 11.5. The molecule has 0 saturated carbocycles. The molecule has 18 heavy (non-hydrogen) atoms. The molecule has 1 fully saturated rings. The number of carbonyl (C=O) groups excluding carboxylic acids is 1. The molecule has 0 radical (unpaired) electrons. The minimum atomic E-state index is 0.0865. The molecule has 1 aliphatic heterocycles. The molecule has 1 rings (SSSR count). The highest BCUT2D eigenvalue weighted by molar-refractivity contribution is 5.76. The van der Waals surface area contributed by atoms with E-state index in [0.29, 0.717) is 18.4 Å². The van der Waals surface area contributed by atoms with E-state index < -0.39 is 0 Å². The van der Waals surface area contributed by atoms with Gasteiger partial charge in [0.15, 0.2) is 0 Å². The van der Waals surface area contributed by atoms with Crippen LogP contribution in [0.5, 0.6) is 0 Å². The van der Waals surface area contributed by atoms with Crippen LogP contribution in [-0.2, 0) is 4.79 Å². The number of nitrogens with two attached hydrogens (primary N) is 1. The lowest BCUT2D eigenvalue weighted by molar-refractivity contribution is -0.122. The standard InChI is InChI=1S/C14H29N3O/c1-14(2,3)11-5-7-17(8-6-11)12(10-15)9-13(18)16-4/h11-12H,5-10,15H2,1-4H3,(H,16,18). The highest BCUT2D eigenvalue weighted by atomic mass is 16.1. The monoisotopic (exact) mass is 255 g/mol. The number of nitrogens with zero attached hydrogens (tertiary/aromatic N) is 1. The Morgan fingerprint density at radius 1 is 1.39 bits per heavy atom. The van der Waals surface area contributed by atoms with Gasteiger partial charge in [-0.25, -0.2) is 0 Å². The number of carbonyl (C=O) groups is 1. The van der Waals surface area contributed by atoms with Gasteiger partial charge in [-0.3, -0.25) is 9.69 Å². The number of hydrogen-bond donors (Lipinski definition) is 2. The molecule has 0 bridgehead atoms. The van der Waals surface area contributed by atoms with Crippen LogP contribution in [0.3, 0.4) is 0 Å². The van der Waals surface area contributed by atoms with E-state index >= 15 is 0 Å². The fraction of sp³-hybridized carbons (Fsp3) is 0.929. The molecule has 0 spiro atoms. The van der Waals surface area contributed by atoms with E-state index in [2.05, 4.69) is 31.0 Å². The van der Waals surface area contributed by atoms with Crippen LogP contribution in [0, 0.1) is 11.3 Å². The zero-order valence-corrected chi connectivity index (χ0v) is 12.3. The van der Waals surface area contributed by atoms with Crippen molar-refractivity contribution in [1.82, 2.24) is 10.2 Å². The summed E-state index contributed by atoms with van der Waals surface area (Å²) in [6, 6.07) is 0.200. The van der Waals surface area contributed by atoms with Gasteiger partial charge in [-0.1, -0.05) is 20.8 Å². The van der Waals surface area contributed by atoms with E-state index in [9.17, 15) is 4.79 Å². The maximum Gasteiger partial charge on any atom is 0.221 e. The van der Waals surface area contributed by atoms with Crippen LogP contribution in [0.15, 0.2) is 0 Å². The highest BCUT2D eigenvalue weighted by Crippen LogP contribution is 2.34. The highest BCUT2D eigenvalue weighted by Gasteiger charge is 2.31. The summed E-state index contributed by atoms with van der Waals surface area (Å²) in [5.41, 5.74) is 6.20. The first-order valence-electron chi connectivity index (χ1n) is 7.03. The van der Waals surface area contributed by atoms with Gasteiger partial charge in [0, 0.05) is 26.1 Å². The zero-order chi connectivity index (χ0) is 13.8. The molecule has 0 aromatic heterocycles. The normalized spacial score (nSPS) is 20.7. The topological polar surface area (TPSA) is 58.4 Å². The Morgan fingerprint density at radius 2 is 1.94 bits per heavy atom. The second-order valence-electron chi connectivity index (χ2n) is 6.44. The molecule has 0 aromatic carbocycles. The number of likely N-dealkylation sites (tertiary alicyclic amines) is 1. The van der Waals surface area contributed by atoms with Crippen molar-refractivity contribution in [2.75, 3.05) is 26.7 Å².